The Balaban J connectivity index is 2.74. The molecule has 0 aliphatic heterocycles. The van der Waals surface area contributed by atoms with Gasteiger partial charge in [-0.15, -0.1) is 0 Å². The van der Waals surface area contributed by atoms with Gasteiger partial charge in [-0.25, -0.2) is 4.39 Å². The van der Waals surface area contributed by atoms with Gasteiger partial charge in [0.25, 0.3) is 0 Å². The van der Waals surface area contributed by atoms with Gasteiger partial charge in [-0.2, -0.15) is 5.26 Å². The van der Waals surface area contributed by atoms with E-state index in [-0.39, 0.29) is 12.1 Å². The molecule has 4 heteroatoms. The summed E-state index contributed by atoms with van der Waals surface area (Å²) in [6.45, 7) is 4.66. The van der Waals surface area contributed by atoms with E-state index < -0.39 is 5.82 Å². The average Bonchev–Trinajstić information content (AvgIpc) is 2.36. The second-order valence-corrected chi connectivity index (χ2v) is 4.70. The maximum absolute atomic E-state index is 13.2. The number of aliphatic hydroxyl groups is 1. The van der Waals surface area contributed by atoms with E-state index in [1.165, 1.54) is 12.1 Å². The summed E-state index contributed by atoms with van der Waals surface area (Å²) in [6, 6.07) is 6.25. The lowest BCUT2D eigenvalue weighted by Gasteiger charge is -2.29. The zero-order chi connectivity index (χ0) is 13.6. The van der Waals surface area contributed by atoms with Gasteiger partial charge in [0.1, 0.15) is 5.82 Å². The summed E-state index contributed by atoms with van der Waals surface area (Å²) in [5.41, 5.74) is 0.893. The second kappa shape index (κ2) is 6.48. The minimum absolute atomic E-state index is 0.115. The van der Waals surface area contributed by atoms with Gasteiger partial charge < -0.3 is 10.4 Å². The standard InChI is InChI=1S/C14H19FN2O/c1-3-14(2,4-5-18)17-10-12-6-11(9-16)7-13(15)8-12/h6-8,17-18H,3-5,10H2,1-2H3. The van der Waals surface area contributed by atoms with Gasteiger partial charge in [0, 0.05) is 18.7 Å². The third-order valence-corrected chi connectivity index (χ3v) is 3.25. The fraction of sp³-hybridized carbons (Fsp3) is 0.500. The van der Waals surface area contributed by atoms with Crippen LogP contribution in [-0.2, 0) is 6.54 Å². The molecule has 0 aromatic heterocycles. The van der Waals surface area contributed by atoms with E-state index in [0.29, 0.717) is 18.5 Å². The number of aliphatic hydroxyl groups excluding tert-OH is 1. The largest absolute Gasteiger partial charge is 0.396 e. The van der Waals surface area contributed by atoms with Crippen LogP contribution in [0.1, 0.15) is 37.8 Å². The first-order chi connectivity index (χ1) is 8.53. The first-order valence-corrected chi connectivity index (χ1v) is 6.08. The first-order valence-electron chi connectivity index (χ1n) is 6.08. The fourth-order valence-corrected chi connectivity index (χ4v) is 1.77. The Morgan fingerprint density at radius 2 is 2.17 bits per heavy atom. The van der Waals surface area contributed by atoms with Crippen LogP contribution < -0.4 is 5.32 Å². The lowest BCUT2D eigenvalue weighted by molar-refractivity contribution is 0.214. The van der Waals surface area contributed by atoms with Crippen LogP contribution in [0.2, 0.25) is 0 Å². The maximum atomic E-state index is 13.2. The Kier molecular flexibility index (Phi) is 5.26. The van der Waals surface area contributed by atoms with Crippen molar-refractivity contribution >= 4 is 0 Å². The fourth-order valence-electron chi connectivity index (χ4n) is 1.77. The van der Waals surface area contributed by atoms with Crippen LogP contribution in [0.5, 0.6) is 0 Å². The Morgan fingerprint density at radius 3 is 2.72 bits per heavy atom. The molecule has 0 radical (unpaired) electrons. The van der Waals surface area contributed by atoms with E-state index in [0.717, 1.165) is 12.0 Å². The van der Waals surface area contributed by atoms with Crippen molar-refractivity contribution in [1.29, 1.82) is 5.26 Å². The molecule has 0 amide bonds. The smallest absolute Gasteiger partial charge is 0.124 e. The van der Waals surface area contributed by atoms with Gasteiger partial charge in [-0.1, -0.05) is 6.92 Å². The number of nitrogens with one attached hydrogen (secondary N) is 1. The molecule has 1 rings (SSSR count). The summed E-state index contributed by atoms with van der Waals surface area (Å²) >= 11 is 0. The van der Waals surface area contributed by atoms with Gasteiger partial charge in [-0.05, 0) is 43.5 Å². The maximum Gasteiger partial charge on any atom is 0.124 e. The molecule has 1 atom stereocenters. The average molecular weight is 250 g/mol. The Morgan fingerprint density at radius 1 is 1.44 bits per heavy atom. The molecule has 0 saturated carbocycles. The summed E-state index contributed by atoms with van der Waals surface area (Å²) in [5.74, 6) is -0.397. The summed E-state index contributed by atoms with van der Waals surface area (Å²) in [6.07, 6.45) is 1.51. The van der Waals surface area contributed by atoms with Crippen LogP contribution in [0, 0.1) is 17.1 Å². The van der Waals surface area contributed by atoms with Crippen LogP contribution in [0.4, 0.5) is 4.39 Å². The van der Waals surface area contributed by atoms with Crippen molar-refractivity contribution in [1.82, 2.24) is 5.32 Å². The summed E-state index contributed by atoms with van der Waals surface area (Å²) in [5, 5.41) is 21.1. The highest BCUT2D eigenvalue weighted by Crippen LogP contribution is 2.16. The van der Waals surface area contributed by atoms with E-state index in [1.54, 1.807) is 6.07 Å². The predicted molar refractivity (Wildman–Crippen MR) is 68.4 cm³/mol. The van der Waals surface area contributed by atoms with Crippen molar-refractivity contribution in [2.24, 2.45) is 0 Å². The molecule has 0 aliphatic carbocycles. The number of benzene rings is 1. The first kappa shape index (κ1) is 14.6. The highest BCUT2D eigenvalue weighted by molar-refractivity contribution is 5.33. The van der Waals surface area contributed by atoms with Crippen molar-refractivity contribution < 1.29 is 9.50 Å². The highest BCUT2D eigenvalue weighted by Gasteiger charge is 2.20. The van der Waals surface area contributed by atoms with E-state index in [4.69, 9.17) is 10.4 Å². The van der Waals surface area contributed by atoms with Crippen molar-refractivity contribution in [2.75, 3.05) is 6.61 Å². The van der Waals surface area contributed by atoms with E-state index >= 15 is 0 Å². The molecule has 0 saturated heterocycles. The van der Waals surface area contributed by atoms with Gasteiger partial charge >= 0.3 is 0 Å². The SMILES string of the molecule is CCC(C)(CCO)NCc1cc(F)cc(C#N)c1. The number of rotatable bonds is 6. The monoisotopic (exact) mass is 250 g/mol. The van der Waals surface area contributed by atoms with Crippen LogP contribution in [0.25, 0.3) is 0 Å². The minimum atomic E-state index is -0.397. The molecule has 1 unspecified atom stereocenters. The van der Waals surface area contributed by atoms with Gasteiger partial charge in [-0.3, -0.25) is 0 Å². The van der Waals surface area contributed by atoms with Gasteiger partial charge in [0.05, 0.1) is 11.6 Å². The summed E-state index contributed by atoms with van der Waals surface area (Å²) < 4.78 is 13.2. The molecule has 0 fully saturated rings. The van der Waals surface area contributed by atoms with E-state index in [9.17, 15) is 4.39 Å². The number of halogens is 1. The van der Waals surface area contributed by atoms with Crippen molar-refractivity contribution in [3.8, 4) is 6.07 Å². The molecular formula is C14H19FN2O. The number of hydrogen-bond donors (Lipinski definition) is 2. The summed E-state index contributed by atoms with van der Waals surface area (Å²) in [7, 11) is 0. The molecule has 0 bridgehead atoms. The molecule has 98 valence electrons. The van der Waals surface area contributed by atoms with Crippen molar-refractivity contribution in [2.45, 2.75) is 38.8 Å². The number of hydrogen-bond acceptors (Lipinski definition) is 3. The Labute approximate surface area is 107 Å². The topological polar surface area (TPSA) is 56.0 Å². The highest BCUT2D eigenvalue weighted by atomic mass is 19.1. The van der Waals surface area contributed by atoms with E-state index in [1.807, 2.05) is 19.9 Å². The molecule has 0 spiro atoms. The van der Waals surface area contributed by atoms with Gasteiger partial charge in [0.2, 0.25) is 0 Å². The molecule has 2 N–H and O–H groups in total. The van der Waals surface area contributed by atoms with Crippen LogP contribution in [0.3, 0.4) is 0 Å². The number of nitriles is 1. The van der Waals surface area contributed by atoms with Crippen LogP contribution >= 0.6 is 0 Å². The zero-order valence-electron chi connectivity index (χ0n) is 10.8. The number of nitrogens with zero attached hydrogens (tertiary/aromatic N) is 1. The Hall–Kier alpha value is -1.44. The molecule has 1 aromatic rings. The third kappa shape index (κ3) is 4.10. The quantitative estimate of drug-likeness (QED) is 0.814. The minimum Gasteiger partial charge on any atom is -0.396 e. The Bertz CT molecular complexity index is 442. The van der Waals surface area contributed by atoms with Crippen molar-refractivity contribution in [3.05, 3.63) is 35.1 Å². The molecule has 0 aliphatic rings. The van der Waals surface area contributed by atoms with Crippen LogP contribution in [-0.4, -0.2) is 17.3 Å². The lowest BCUT2D eigenvalue weighted by atomic mass is 9.94. The molecule has 1 aromatic carbocycles. The normalized spacial score (nSPS) is 13.9. The third-order valence-electron chi connectivity index (χ3n) is 3.25. The van der Waals surface area contributed by atoms with E-state index in [2.05, 4.69) is 5.32 Å². The second-order valence-electron chi connectivity index (χ2n) is 4.70. The molecule has 18 heavy (non-hydrogen) atoms. The molecular weight excluding hydrogens is 231 g/mol. The van der Waals surface area contributed by atoms with Crippen molar-refractivity contribution in [3.63, 3.8) is 0 Å². The lowest BCUT2D eigenvalue weighted by Crippen LogP contribution is -2.42. The molecule has 3 nitrogen and oxygen atoms in total. The predicted octanol–water partition coefficient (Wildman–Crippen LogP) is 2.34. The zero-order valence-corrected chi connectivity index (χ0v) is 10.8. The van der Waals surface area contributed by atoms with Gasteiger partial charge in [0.15, 0.2) is 0 Å². The summed E-state index contributed by atoms with van der Waals surface area (Å²) in [4.78, 5) is 0. The van der Waals surface area contributed by atoms with Crippen LogP contribution in [0.15, 0.2) is 18.2 Å². The molecule has 0 heterocycles.